The number of carbonyl (C=O) groups is 1. The molecule has 0 radical (unpaired) electrons. The molecular formula is C26H44O5Si. The maximum Gasteiger partial charge on any atom is 0.330 e. The van der Waals surface area contributed by atoms with E-state index in [1.807, 2.05) is 6.08 Å². The number of fused-ring (bicyclic) bond motifs is 1. The molecule has 1 saturated carbocycles. The van der Waals surface area contributed by atoms with Crippen molar-refractivity contribution >= 4 is 16.5 Å². The minimum absolute atomic E-state index is 0.0000211. The van der Waals surface area contributed by atoms with Crippen LogP contribution in [0.1, 0.15) is 73.1 Å². The quantitative estimate of drug-likeness (QED) is 0.243. The van der Waals surface area contributed by atoms with Crippen LogP contribution in [0.5, 0.6) is 0 Å². The van der Waals surface area contributed by atoms with Gasteiger partial charge in [-0.25, -0.2) is 4.79 Å². The van der Waals surface area contributed by atoms with Crippen molar-refractivity contribution in [3.8, 4) is 0 Å². The first-order chi connectivity index (χ1) is 15.1. The molecule has 3 aliphatic rings. The molecule has 6 atom stereocenters. The van der Waals surface area contributed by atoms with Crippen LogP contribution >= 0.6 is 0 Å². The summed E-state index contributed by atoms with van der Waals surface area (Å²) in [5.41, 5.74) is 3.04. The maximum atomic E-state index is 11.6. The molecule has 0 aromatic carbocycles. The zero-order chi connectivity index (χ0) is 23.5. The summed E-state index contributed by atoms with van der Waals surface area (Å²) in [6.07, 6.45) is 9.83. The largest absolute Gasteiger partial charge is 0.466 e. The third-order valence-electron chi connectivity index (χ3n) is 8.20. The molecule has 0 amide bonds. The van der Waals surface area contributed by atoms with Gasteiger partial charge >= 0.3 is 5.97 Å². The van der Waals surface area contributed by atoms with Crippen molar-refractivity contribution in [3.63, 3.8) is 0 Å². The second-order valence-electron chi connectivity index (χ2n) is 11.2. The monoisotopic (exact) mass is 464 g/mol. The van der Waals surface area contributed by atoms with Crippen LogP contribution in [0.2, 0.25) is 0 Å². The summed E-state index contributed by atoms with van der Waals surface area (Å²) < 4.78 is 23.5. The van der Waals surface area contributed by atoms with E-state index >= 15 is 0 Å². The Labute approximate surface area is 197 Å². The van der Waals surface area contributed by atoms with Gasteiger partial charge in [-0.05, 0) is 68.6 Å². The van der Waals surface area contributed by atoms with Crippen LogP contribution < -0.4 is 0 Å². The summed E-state index contributed by atoms with van der Waals surface area (Å²) in [5, 5.41) is 0. The minimum Gasteiger partial charge on any atom is -0.466 e. The first-order valence-corrected chi connectivity index (χ1v) is 13.2. The first-order valence-electron chi connectivity index (χ1n) is 12.3. The van der Waals surface area contributed by atoms with E-state index in [1.54, 1.807) is 6.08 Å². The predicted molar refractivity (Wildman–Crippen MR) is 130 cm³/mol. The minimum atomic E-state index is -0.295. The van der Waals surface area contributed by atoms with Gasteiger partial charge in [0.25, 0.3) is 0 Å². The summed E-state index contributed by atoms with van der Waals surface area (Å²) in [6.45, 7) is 13.3. The van der Waals surface area contributed by atoms with Gasteiger partial charge in [0.05, 0.1) is 13.2 Å². The molecule has 0 N–H and O–H groups in total. The summed E-state index contributed by atoms with van der Waals surface area (Å²) in [5.74, 6) is 1.15. The van der Waals surface area contributed by atoms with E-state index in [2.05, 4.69) is 34.6 Å². The summed E-state index contributed by atoms with van der Waals surface area (Å²) >= 11 is 0. The molecule has 32 heavy (non-hydrogen) atoms. The number of allylic oxidation sites excluding steroid dienone is 2. The molecule has 6 unspecified atom stereocenters. The van der Waals surface area contributed by atoms with Gasteiger partial charge in [0.15, 0.2) is 6.29 Å². The first kappa shape index (κ1) is 25.7. The number of methoxy groups -OCH3 is 1. The molecule has 0 aromatic rings. The van der Waals surface area contributed by atoms with Crippen molar-refractivity contribution in [2.24, 2.45) is 28.6 Å². The van der Waals surface area contributed by atoms with Gasteiger partial charge in [0.1, 0.15) is 10.5 Å². The molecule has 2 fully saturated rings. The zero-order valence-electron chi connectivity index (χ0n) is 21.2. The molecule has 182 valence electrons. The topological polar surface area (TPSA) is 54.0 Å². The molecule has 1 saturated heterocycles. The van der Waals surface area contributed by atoms with Crippen molar-refractivity contribution in [2.45, 2.75) is 85.5 Å². The van der Waals surface area contributed by atoms with Crippen LogP contribution in [0.15, 0.2) is 23.3 Å². The normalized spacial score (nSPS) is 36.0. The van der Waals surface area contributed by atoms with Crippen LogP contribution in [0, 0.1) is 28.6 Å². The van der Waals surface area contributed by atoms with Gasteiger partial charge in [0.2, 0.25) is 0 Å². The van der Waals surface area contributed by atoms with Crippen LogP contribution in [0.3, 0.4) is 0 Å². The Morgan fingerprint density at radius 3 is 2.66 bits per heavy atom. The Bertz CT molecular complexity index is 718. The number of hydrogen-bond donors (Lipinski definition) is 0. The smallest absolute Gasteiger partial charge is 0.330 e. The van der Waals surface area contributed by atoms with E-state index in [9.17, 15) is 4.79 Å². The fourth-order valence-electron chi connectivity index (χ4n) is 6.80. The third-order valence-corrected chi connectivity index (χ3v) is 8.49. The summed E-state index contributed by atoms with van der Waals surface area (Å²) in [4.78, 5) is 11.6. The Hall–Kier alpha value is -0.953. The highest BCUT2D eigenvalue weighted by Crippen LogP contribution is 2.63. The molecule has 0 aromatic heterocycles. The van der Waals surface area contributed by atoms with Crippen LogP contribution in [0.25, 0.3) is 0 Å². The molecular weight excluding hydrogens is 420 g/mol. The second-order valence-corrected chi connectivity index (χ2v) is 11.8. The molecule has 2 aliphatic carbocycles. The van der Waals surface area contributed by atoms with E-state index < -0.39 is 0 Å². The highest BCUT2D eigenvalue weighted by atomic mass is 28.2. The van der Waals surface area contributed by atoms with Gasteiger partial charge in [-0.1, -0.05) is 44.9 Å². The Morgan fingerprint density at radius 1 is 1.31 bits per heavy atom. The number of ether oxygens (including phenoxy) is 3. The van der Waals surface area contributed by atoms with Crippen LogP contribution in [-0.4, -0.2) is 49.2 Å². The molecule has 6 heteroatoms. The fraction of sp³-hybridized carbons (Fsp3) is 0.808. The highest BCUT2D eigenvalue weighted by molar-refractivity contribution is 5.98. The fourth-order valence-corrected chi connectivity index (χ4v) is 7.31. The van der Waals surface area contributed by atoms with Crippen LogP contribution in [0.4, 0.5) is 0 Å². The van der Waals surface area contributed by atoms with E-state index in [1.165, 1.54) is 24.7 Å². The summed E-state index contributed by atoms with van der Waals surface area (Å²) in [7, 11) is 2.15. The van der Waals surface area contributed by atoms with Crippen molar-refractivity contribution in [3.05, 3.63) is 23.3 Å². The van der Waals surface area contributed by atoms with Crippen molar-refractivity contribution in [2.75, 3.05) is 20.3 Å². The van der Waals surface area contributed by atoms with Crippen LogP contribution in [-0.2, 0) is 23.4 Å². The molecule has 1 aliphatic heterocycles. The van der Waals surface area contributed by atoms with E-state index in [0.717, 1.165) is 55.8 Å². The lowest BCUT2D eigenvalue weighted by molar-refractivity contribution is -0.202. The lowest BCUT2D eigenvalue weighted by Crippen LogP contribution is -2.43. The standard InChI is InChI=1S/C26H44O5Si/c1-17-14-20-24(25(3,4)5)21(31-23-12-7-8-13-29-23)15-26(20,16-30-32)18(2)19(17)10-9-11-22(27)28-6/h9,11,17,20-21,23-24H,7-8,10,12-16H2,1-6,32H3. The second kappa shape index (κ2) is 10.5. The van der Waals surface area contributed by atoms with Crippen molar-refractivity contribution in [1.82, 2.24) is 0 Å². The number of esters is 1. The average Bonchev–Trinajstić information content (AvgIpc) is 3.05. The molecule has 5 nitrogen and oxygen atoms in total. The van der Waals surface area contributed by atoms with Crippen molar-refractivity contribution in [1.29, 1.82) is 0 Å². The van der Waals surface area contributed by atoms with E-state index in [0.29, 0.717) is 17.8 Å². The summed E-state index contributed by atoms with van der Waals surface area (Å²) in [6, 6.07) is 0. The molecule has 3 rings (SSSR count). The Balaban J connectivity index is 1.96. The van der Waals surface area contributed by atoms with Gasteiger partial charge < -0.3 is 18.6 Å². The molecule has 0 spiro atoms. The third kappa shape index (κ3) is 5.24. The predicted octanol–water partition coefficient (Wildman–Crippen LogP) is 4.34. The lowest BCUT2D eigenvalue weighted by Gasteiger charge is -2.48. The van der Waals surface area contributed by atoms with E-state index in [-0.39, 0.29) is 29.2 Å². The lowest BCUT2D eigenvalue weighted by atomic mass is 9.58. The maximum absolute atomic E-state index is 11.6. The van der Waals surface area contributed by atoms with Crippen molar-refractivity contribution < 1.29 is 23.4 Å². The SMILES string of the molecule is COC(=O)C=CCC1=C(C)C2(CO[SiH3])CC(OC3CCCCO3)C(C(C)(C)C)C2CC1C. The van der Waals surface area contributed by atoms with Gasteiger partial charge in [-0.15, -0.1) is 0 Å². The highest BCUT2D eigenvalue weighted by Gasteiger charge is 2.60. The van der Waals surface area contributed by atoms with Gasteiger partial charge in [0, 0.05) is 24.7 Å². The van der Waals surface area contributed by atoms with Gasteiger partial charge in [-0.2, -0.15) is 0 Å². The number of carbonyl (C=O) groups excluding carboxylic acids is 1. The van der Waals surface area contributed by atoms with Gasteiger partial charge in [-0.3, -0.25) is 0 Å². The molecule has 1 heterocycles. The number of rotatable bonds is 7. The Morgan fingerprint density at radius 2 is 2.06 bits per heavy atom. The van der Waals surface area contributed by atoms with E-state index in [4.69, 9.17) is 18.6 Å². The zero-order valence-corrected chi connectivity index (χ0v) is 23.2. The average molecular weight is 465 g/mol. The molecule has 0 bridgehead atoms. The number of hydrogen-bond acceptors (Lipinski definition) is 5. The Kier molecular flexibility index (Phi) is 8.45.